The molecule has 2 rings (SSSR count). The molecule has 0 saturated carbocycles. The van der Waals surface area contributed by atoms with Gasteiger partial charge in [0, 0.05) is 0 Å². The summed E-state index contributed by atoms with van der Waals surface area (Å²) in [6.45, 7) is -0.397. The van der Waals surface area contributed by atoms with Crippen LogP contribution in [0.4, 0.5) is 0 Å². The molecule has 2 heterocycles. The number of hydrogen-bond acceptors (Lipinski definition) is 5. The van der Waals surface area contributed by atoms with Crippen LogP contribution in [0.2, 0.25) is 4.34 Å². The van der Waals surface area contributed by atoms with E-state index < -0.39 is 22.7 Å². The van der Waals surface area contributed by atoms with Crippen LogP contribution in [0.25, 0.3) is 0 Å². The van der Waals surface area contributed by atoms with Crippen molar-refractivity contribution in [2.24, 2.45) is 0 Å². The molecule has 0 aliphatic carbocycles. The van der Waals surface area contributed by atoms with E-state index in [-0.39, 0.29) is 4.21 Å². The Balaban J connectivity index is 2.22. The highest BCUT2D eigenvalue weighted by Crippen LogP contribution is 2.26. The highest BCUT2D eigenvalue weighted by molar-refractivity contribution is 7.91. The normalized spacial score (nSPS) is 13.7. The van der Waals surface area contributed by atoms with Gasteiger partial charge >= 0.3 is 0 Å². The first-order valence-electron chi connectivity index (χ1n) is 4.95. The molecule has 0 radical (unpaired) electrons. The minimum atomic E-state index is -3.71. The van der Waals surface area contributed by atoms with Gasteiger partial charge in [0.1, 0.15) is 16.0 Å². The fourth-order valence-corrected chi connectivity index (χ4v) is 4.06. The summed E-state index contributed by atoms with van der Waals surface area (Å²) < 4.78 is 31.9. The van der Waals surface area contributed by atoms with E-state index >= 15 is 0 Å². The van der Waals surface area contributed by atoms with Gasteiger partial charge in [-0.25, -0.2) is 8.42 Å². The Morgan fingerprint density at radius 1 is 1.44 bits per heavy atom. The van der Waals surface area contributed by atoms with Gasteiger partial charge in [-0.15, -0.1) is 11.3 Å². The molecule has 0 spiro atoms. The average Bonchev–Trinajstić information content (AvgIpc) is 2.96. The first-order chi connectivity index (χ1) is 8.53. The van der Waals surface area contributed by atoms with E-state index in [1.165, 1.54) is 18.4 Å². The second-order valence-corrected chi connectivity index (χ2v) is 7.09. The van der Waals surface area contributed by atoms with E-state index in [1.807, 2.05) is 0 Å². The van der Waals surface area contributed by atoms with Gasteiger partial charge in [0.15, 0.2) is 0 Å². The van der Waals surface area contributed by atoms with Crippen LogP contribution in [-0.4, -0.2) is 20.1 Å². The summed E-state index contributed by atoms with van der Waals surface area (Å²) in [5, 5.41) is 9.20. The van der Waals surface area contributed by atoms with Gasteiger partial charge in [0.2, 0.25) is 0 Å². The van der Waals surface area contributed by atoms with Crippen LogP contribution < -0.4 is 4.72 Å². The fourth-order valence-electron chi connectivity index (χ4n) is 1.36. The van der Waals surface area contributed by atoms with Gasteiger partial charge in [0.25, 0.3) is 10.0 Å². The van der Waals surface area contributed by atoms with Crippen molar-refractivity contribution >= 4 is 33.0 Å². The zero-order chi connectivity index (χ0) is 13.2. The van der Waals surface area contributed by atoms with Crippen LogP contribution in [0.3, 0.4) is 0 Å². The predicted molar refractivity (Wildman–Crippen MR) is 68.2 cm³/mol. The molecule has 5 nitrogen and oxygen atoms in total. The van der Waals surface area contributed by atoms with E-state index in [9.17, 15) is 13.5 Å². The van der Waals surface area contributed by atoms with Crippen molar-refractivity contribution in [1.82, 2.24) is 4.72 Å². The first-order valence-corrected chi connectivity index (χ1v) is 7.62. The lowest BCUT2D eigenvalue weighted by Gasteiger charge is -2.13. The van der Waals surface area contributed by atoms with E-state index in [0.717, 1.165) is 11.3 Å². The molecule has 2 aromatic rings. The number of sulfonamides is 1. The summed E-state index contributed by atoms with van der Waals surface area (Å²) in [6.07, 6.45) is 1.41. The summed E-state index contributed by atoms with van der Waals surface area (Å²) in [5.74, 6) is 0.351. The largest absolute Gasteiger partial charge is 0.468 e. The summed E-state index contributed by atoms with van der Waals surface area (Å²) in [7, 11) is -3.71. The third-order valence-corrected chi connectivity index (χ3v) is 5.37. The number of halogens is 1. The molecule has 0 fully saturated rings. The van der Waals surface area contributed by atoms with E-state index in [0.29, 0.717) is 10.1 Å². The lowest BCUT2D eigenvalue weighted by molar-refractivity contribution is 0.242. The number of thiophene rings is 1. The van der Waals surface area contributed by atoms with E-state index in [4.69, 9.17) is 16.0 Å². The molecule has 0 aliphatic heterocycles. The van der Waals surface area contributed by atoms with Crippen LogP contribution in [-0.2, 0) is 10.0 Å². The number of aliphatic hydroxyl groups excluding tert-OH is 1. The van der Waals surface area contributed by atoms with Gasteiger partial charge < -0.3 is 9.52 Å². The van der Waals surface area contributed by atoms with Crippen molar-refractivity contribution in [2.45, 2.75) is 10.3 Å². The standard InChI is InChI=1S/C10H10ClNO4S2/c11-9-3-4-10(17-9)18(14,15)12-7(6-13)8-2-1-5-16-8/h1-5,7,12-13H,6H2. The van der Waals surface area contributed by atoms with E-state index in [2.05, 4.69) is 4.72 Å². The van der Waals surface area contributed by atoms with Crippen LogP contribution in [0.15, 0.2) is 39.2 Å². The van der Waals surface area contributed by atoms with Crippen molar-refractivity contribution in [3.8, 4) is 0 Å². The zero-order valence-electron chi connectivity index (χ0n) is 9.04. The number of hydrogen-bond donors (Lipinski definition) is 2. The molecule has 8 heteroatoms. The van der Waals surface area contributed by atoms with Crippen molar-refractivity contribution in [1.29, 1.82) is 0 Å². The highest BCUT2D eigenvalue weighted by atomic mass is 35.5. The highest BCUT2D eigenvalue weighted by Gasteiger charge is 2.23. The van der Waals surface area contributed by atoms with Crippen molar-refractivity contribution in [3.05, 3.63) is 40.6 Å². The topological polar surface area (TPSA) is 79.5 Å². The Bertz CT molecular complexity index is 606. The monoisotopic (exact) mass is 307 g/mol. The first kappa shape index (κ1) is 13.6. The number of aliphatic hydroxyl groups is 1. The minimum absolute atomic E-state index is 0.0949. The lowest BCUT2D eigenvalue weighted by atomic mass is 10.2. The Hall–Kier alpha value is -0.860. The Labute approximate surface area is 113 Å². The molecule has 2 aromatic heterocycles. The summed E-state index contributed by atoms with van der Waals surface area (Å²) in [6, 6.07) is 5.30. The molecule has 1 atom stereocenters. The lowest BCUT2D eigenvalue weighted by Crippen LogP contribution is -2.30. The molecular weight excluding hydrogens is 298 g/mol. The summed E-state index contributed by atoms with van der Waals surface area (Å²) in [5.41, 5.74) is 0. The van der Waals surface area contributed by atoms with Crippen LogP contribution in [0, 0.1) is 0 Å². The Morgan fingerprint density at radius 2 is 2.22 bits per heavy atom. The molecular formula is C10H10ClNO4S2. The van der Waals surface area contributed by atoms with Crippen LogP contribution in [0.1, 0.15) is 11.8 Å². The maximum Gasteiger partial charge on any atom is 0.250 e. The zero-order valence-corrected chi connectivity index (χ0v) is 11.4. The number of furan rings is 1. The van der Waals surface area contributed by atoms with Gasteiger partial charge in [-0.1, -0.05) is 11.6 Å². The molecule has 0 amide bonds. The number of rotatable bonds is 5. The SMILES string of the molecule is O=S(=O)(NC(CO)c1ccco1)c1ccc(Cl)s1. The molecule has 0 aliphatic rings. The Kier molecular flexibility index (Phi) is 4.08. The number of nitrogens with one attached hydrogen (secondary N) is 1. The molecule has 0 bridgehead atoms. The molecule has 1 unspecified atom stereocenters. The second kappa shape index (κ2) is 5.41. The smallest absolute Gasteiger partial charge is 0.250 e. The summed E-state index contributed by atoms with van der Waals surface area (Å²) >= 11 is 6.64. The Morgan fingerprint density at radius 3 is 2.72 bits per heavy atom. The molecule has 18 heavy (non-hydrogen) atoms. The van der Waals surface area contributed by atoms with Gasteiger partial charge in [-0.3, -0.25) is 0 Å². The van der Waals surface area contributed by atoms with Crippen molar-refractivity contribution in [2.75, 3.05) is 6.61 Å². The third-order valence-electron chi connectivity index (χ3n) is 2.18. The molecule has 0 aromatic carbocycles. The van der Waals surface area contributed by atoms with Gasteiger partial charge in [0.05, 0.1) is 17.2 Å². The maximum absolute atomic E-state index is 12.0. The van der Waals surface area contributed by atoms with Crippen molar-refractivity contribution < 1.29 is 17.9 Å². The molecule has 2 N–H and O–H groups in total. The summed E-state index contributed by atoms with van der Waals surface area (Å²) in [4.78, 5) is 0. The third kappa shape index (κ3) is 2.93. The fraction of sp³-hybridized carbons (Fsp3) is 0.200. The van der Waals surface area contributed by atoms with Gasteiger partial charge in [-0.2, -0.15) is 4.72 Å². The van der Waals surface area contributed by atoms with Gasteiger partial charge in [-0.05, 0) is 24.3 Å². The molecule has 0 saturated heterocycles. The van der Waals surface area contributed by atoms with E-state index in [1.54, 1.807) is 12.1 Å². The molecule has 98 valence electrons. The average molecular weight is 308 g/mol. The van der Waals surface area contributed by atoms with Crippen LogP contribution >= 0.6 is 22.9 Å². The predicted octanol–water partition coefficient (Wildman–Crippen LogP) is 2.01. The van der Waals surface area contributed by atoms with Crippen LogP contribution in [0.5, 0.6) is 0 Å². The van der Waals surface area contributed by atoms with Crippen molar-refractivity contribution in [3.63, 3.8) is 0 Å². The quantitative estimate of drug-likeness (QED) is 0.885. The minimum Gasteiger partial charge on any atom is -0.468 e. The maximum atomic E-state index is 12.0. The second-order valence-electron chi connectivity index (χ2n) is 3.43.